The summed E-state index contributed by atoms with van der Waals surface area (Å²) in [6.07, 6.45) is 0.268. The highest BCUT2D eigenvalue weighted by molar-refractivity contribution is 5.58. The lowest BCUT2D eigenvalue weighted by molar-refractivity contribution is 0.414. The van der Waals surface area contributed by atoms with Gasteiger partial charge in [-0.05, 0) is 31.2 Å². The van der Waals surface area contributed by atoms with Crippen LogP contribution in [0.25, 0.3) is 16.9 Å². The third kappa shape index (κ3) is 2.40. The fourth-order valence-corrected chi connectivity index (χ4v) is 1.91. The van der Waals surface area contributed by atoms with E-state index in [0.29, 0.717) is 5.69 Å². The molecule has 20 heavy (non-hydrogen) atoms. The van der Waals surface area contributed by atoms with E-state index in [2.05, 4.69) is 10.3 Å². The van der Waals surface area contributed by atoms with Crippen LogP contribution in [0, 0.1) is 6.92 Å². The van der Waals surface area contributed by atoms with Gasteiger partial charge in [-0.1, -0.05) is 35.0 Å². The molecule has 0 saturated carbocycles. The zero-order valence-electron chi connectivity index (χ0n) is 12.4. The molecule has 0 unspecified atom stereocenters. The number of benzene rings is 2. The average Bonchev–Trinajstić information content (AvgIpc) is 2.90. The molecule has 0 amide bonds. The lowest BCUT2D eigenvalue weighted by Gasteiger charge is -2.02. The topological polar surface area (TPSA) is 39.9 Å². The standard InChI is InChI=1S/C16H15N3O/c1-12-3-5-13(6-4-12)16-11-19(18-17-16)14-7-9-15(20-2)10-8-14/h3-11H,1-2H3/i11D. The van der Waals surface area contributed by atoms with E-state index in [1.165, 1.54) is 10.2 Å². The highest BCUT2D eigenvalue weighted by Crippen LogP contribution is 2.19. The highest BCUT2D eigenvalue weighted by atomic mass is 16.5. The summed E-state index contributed by atoms with van der Waals surface area (Å²) >= 11 is 0. The molecule has 0 spiro atoms. The van der Waals surface area contributed by atoms with E-state index < -0.39 is 0 Å². The van der Waals surface area contributed by atoms with Crippen LogP contribution in [-0.4, -0.2) is 22.1 Å². The van der Waals surface area contributed by atoms with Gasteiger partial charge in [-0.2, -0.15) is 0 Å². The van der Waals surface area contributed by atoms with Crippen molar-refractivity contribution in [3.8, 4) is 22.7 Å². The van der Waals surface area contributed by atoms with Gasteiger partial charge < -0.3 is 4.74 Å². The Morgan fingerprint density at radius 2 is 1.75 bits per heavy atom. The van der Waals surface area contributed by atoms with Gasteiger partial charge in [0.15, 0.2) is 0 Å². The van der Waals surface area contributed by atoms with Crippen molar-refractivity contribution in [2.24, 2.45) is 0 Å². The summed E-state index contributed by atoms with van der Waals surface area (Å²) in [6.45, 7) is 2.03. The van der Waals surface area contributed by atoms with Crippen LogP contribution in [0.4, 0.5) is 0 Å². The van der Waals surface area contributed by atoms with E-state index in [4.69, 9.17) is 6.11 Å². The first-order valence-corrected chi connectivity index (χ1v) is 6.33. The molecule has 0 N–H and O–H groups in total. The van der Waals surface area contributed by atoms with Crippen molar-refractivity contribution in [1.82, 2.24) is 15.0 Å². The zero-order valence-corrected chi connectivity index (χ0v) is 11.4. The molecule has 2 aromatic carbocycles. The molecule has 0 saturated heterocycles. The first-order chi connectivity index (χ1) is 10.2. The maximum Gasteiger partial charge on any atom is 0.119 e. The van der Waals surface area contributed by atoms with Crippen molar-refractivity contribution in [2.45, 2.75) is 6.92 Å². The van der Waals surface area contributed by atoms with Crippen LogP contribution < -0.4 is 4.74 Å². The maximum atomic E-state index is 8.26. The Morgan fingerprint density at radius 3 is 2.40 bits per heavy atom. The molecule has 0 fully saturated rings. The Morgan fingerprint density at radius 1 is 1.05 bits per heavy atom. The molecule has 0 aliphatic rings. The minimum atomic E-state index is 0.268. The number of hydrogen-bond acceptors (Lipinski definition) is 3. The molecular formula is C16H15N3O. The van der Waals surface area contributed by atoms with Gasteiger partial charge >= 0.3 is 0 Å². The Balaban J connectivity index is 2.00. The summed E-state index contributed by atoms with van der Waals surface area (Å²) in [5.41, 5.74) is 3.43. The third-order valence-corrected chi connectivity index (χ3v) is 3.09. The number of hydrogen-bond donors (Lipinski definition) is 0. The van der Waals surface area contributed by atoms with Crippen molar-refractivity contribution in [1.29, 1.82) is 0 Å². The van der Waals surface area contributed by atoms with Gasteiger partial charge in [0.25, 0.3) is 0 Å². The zero-order chi connectivity index (χ0) is 14.8. The molecule has 100 valence electrons. The largest absolute Gasteiger partial charge is 0.497 e. The Hall–Kier alpha value is -2.62. The van der Waals surface area contributed by atoms with Gasteiger partial charge in [0, 0.05) is 5.56 Å². The molecular weight excluding hydrogens is 250 g/mol. The third-order valence-electron chi connectivity index (χ3n) is 3.09. The maximum absolute atomic E-state index is 8.26. The van der Waals surface area contributed by atoms with Crippen LogP contribution in [0.1, 0.15) is 6.93 Å². The van der Waals surface area contributed by atoms with E-state index in [1.807, 2.05) is 55.5 Å². The van der Waals surface area contributed by atoms with E-state index in [9.17, 15) is 0 Å². The lowest BCUT2D eigenvalue weighted by Crippen LogP contribution is -1.94. The number of methoxy groups -OCH3 is 1. The predicted molar refractivity (Wildman–Crippen MR) is 78.1 cm³/mol. The molecule has 1 heterocycles. The Kier molecular flexibility index (Phi) is 2.90. The Bertz CT molecular complexity index is 748. The summed E-state index contributed by atoms with van der Waals surface area (Å²) in [5, 5.41) is 8.21. The van der Waals surface area contributed by atoms with Crippen LogP contribution >= 0.6 is 0 Å². The van der Waals surface area contributed by atoms with E-state index in [-0.39, 0.29) is 6.17 Å². The summed E-state index contributed by atoms with van der Waals surface area (Å²) in [6, 6.07) is 15.3. The fourth-order valence-electron chi connectivity index (χ4n) is 1.91. The molecule has 4 nitrogen and oxygen atoms in total. The number of aromatic nitrogens is 3. The fraction of sp³-hybridized carbons (Fsp3) is 0.125. The average molecular weight is 266 g/mol. The van der Waals surface area contributed by atoms with Gasteiger partial charge in [-0.25, -0.2) is 4.68 Å². The SMILES string of the molecule is [2H]c1c(-c2ccc(C)cc2)nnn1-c1ccc(OC)cc1. The van der Waals surface area contributed by atoms with Crippen LogP contribution in [0.15, 0.2) is 54.7 Å². The molecule has 0 atom stereocenters. The van der Waals surface area contributed by atoms with Gasteiger partial charge in [-0.15, -0.1) is 5.10 Å². The van der Waals surface area contributed by atoms with Crippen LogP contribution in [-0.2, 0) is 0 Å². The molecule has 3 aromatic rings. The molecule has 0 aliphatic heterocycles. The lowest BCUT2D eigenvalue weighted by atomic mass is 10.1. The first-order valence-electron chi connectivity index (χ1n) is 6.83. The van der Waals surface area contributed by atoms with Crippen LogP contribution in [0.2, 0.25) is 0 Å². The first kappa shape index (κ1) is 11.2. The minimum Gasteiger partial charge on any atom is -0.497 e. The molecule has 0 aliphatic carbocycles. The van der Waals surface area contributed by atoms with Crippen molar-refractivity contribution >= 4 is 0 Å². The minimum absolute atomic E-state index is 0.268. The predicted octanol–water partition coefficient (Wildman–Crippen LogP) is 3.25. The van der Waals surface area contributed by atoms with Crippen molar-refractivity contribution in [3.05, 3.63) is 60.3 Å². The normalized spacial score (nSPS) is 11.2. The van der Waals surface area contributed by atoms with Gasteiger partial charge in [-0.3, -0.25) is 0 Å². The van der Waals surface area contributed by atoms with Crippen LogP contribution in [0.5, 0.6) is 5.75 Å². The van der Waals surface area contributed by atoms with Gasteiger partial charge in [0.05, 0.1) is 20.3 Å². The monoisotopic (exact) mass is 266 g/mol. The second-order valence-corrected chi connectivity index (χ2v) is 4.53. The second kappa shape index (κ2) is 5.17. The molecule has 0 radical (unpaired) electrons. The van der Waals surface area contributed by atoms with Crippen molar-refractivity contribution in [2.75, 3.05) is 7.11 Å². The van der Waals surface area contributed by atoms with Crippen LogP contribution in [0.3, 0.4) is 0 Å². The van der Waals surface area contributed by atoms with E-state index in [0.717, 1.165) is 17.0 Å². The highest BCUT2D eigenvalue weighted by Gasteiger charge is 2.05. The molecule has 3 rings (SSSR count). The number of nitrogens with zero attached hydrogens (tertiary/aromatic N) is 3. The quantitative estimate of drug-likeness (QED) is 0.730. The number of rotatable bonds is 3. The molecule has 4 heteroatoms. The summed E-state index contributed by atoms with van der Waals surface area (Å²) in [7, 11) is 1.62. The van der Waals surface area contributed by atoms with Gasteiger partial charge in [0.1, 0.15) is 11.4 Å². The summed E-state index contributed by atoms with van der Waals surface area (Å²) in [5.74, 6) is 0.768. The molecule has 0 bridgehead atoms. The number of ether oxygens (including phenoxy) is 1. The summed E-state index contributed by atoms with van der Waals surface area (Å²) in [4.78, 5) is 0. The van der Waals surface area contributed by atoms with Gasteiger partial charge in [0.2, 0.25) is 0 Å². The second-order valence-electron chi connectivity index (χ2n) is 4.53. The smallest absolute Gasteiger partial charge is 0.119 e. The summed E-state index contributed by atoms with van der Waals surface area (Å²) < 4.78 is 14.9. The van der Waals surface area contributed by atoms with Crippen molar-refractivity contribution in [3.63, 3.8) is 0 Å². The Labute approximate surface area is 119 Å². The molecule has 1 aromatic heterocycles. The number of aryl methyl sites for hydroxylation is 1. The van der Waals surface area contributed by atoms with E-state index in [1.54, 1.807) is 7.11 Å². The van der Waals surface area contributed by atoms with Crippen molar-refractivity contribution < 1.29 is 6.11 Å². The van der Waals surface area contributed by atoms with E-state index >= 15 is 0 Å².